The van der Waals surface area contributed by atoms with Crippen LogP contribution in [0.5, 0.6) is 0 Å². The van der Waals surface area contributed by atoms with Gasteiger partial charge in [0.1, 0.15) is 0 Å². The predicted octanol–water partition coefficient (Wildman–Crippen LogP) is 1.49. The summed E-state index contributed by atoms with van der Waals surface area (Å²) in [5.74, 6) is -0.274. The molecule has 2 rings (SSSR count). The number of hydrogen-bond donors (Lipinski definition) is 3. The highest BCUT2D eigenvalue weighted by Gasteiger charge is 2.07. The van der Waals surface area contributed by atoms with Crippen molar-refractivity contribution in [3.05, 3.63) is 54.4 Å². The van der Waals surface area contributed by atoms with Crippen molar-refractivity contribution in [2.24, 2.45) is 0 Å². The van der Waals surface area contributed by atoms with E-state index in [-0.39, 0.29) is 17.1 Å². The Kier molecular flexibility index (Phi) is 7.29. The Morgan fingerprint density at radius 3 is 2.04 bits per heavy atom. The molecule has 0 amide bonds. The lowest BCUT2D eigenvalue weighted by Crippen LogP contribution is -2.07. The molecule has 3 N–H and O–H groups in total. The number of aromatic nitrogens is 1. The normalized spacial score (nSPS) is 11.3. The smallest absolute Gasteiger partial charge is 0.294 e. The highest BCUT2D eigenvalue weighted by Crippen LogP contribution is 2.12. The quantitative estimate of drug-likeness (QED) is 0.670. The van der Waals surface area contributed by atoms with Gasteiger partial charge in [-0.3, -0.25) is 14.1 Å². The maximum absolute atomic E-state index is 10.6. The fourth-order valence-electron chi connectivity index (χ4n) is 1.57. The SMILES string of the molecule is CNc1ccc(S(=O)(=O)O)cc1.O=S(=O)(O)CCc1ccccn1. The molecular formula is C14H18N2O6S2. The van der Waals surface area contributed by atoms with Crippen LogP contribution in [0.3, 0.4) is 0 Å². The minimum atomic E-state index is -4.06. The van der Waals surface area contributed by atoms with Gasteiger partial charge in [-0.15, -0.1) is 0 Å². The van der Waals surface area contributed by atoms with Gasteiger partial charge in [-0.1, -0.05) is 6.07 Å². The minimum absolute atomic E-state index is 0.0958. The molecule has 0 bridgehead atoms. The maximum atomic E-state index is 10.6. The molecule has 1 aromatic heterocycles. The number of benzene rings is 1. The second-order valence-corrected chi connectivity index (χ2v) is 7.60. The number of hydrogen-bond acceptors (Lipinski definition) is 6. The number of aryl methyl sites for hydroxylation is 1. The highest BCUT2D eigenvalue weighted by atomic mass is 32.2. The van der Waals surface area contributed by atoms with Gasteiger partial charge in [-0.25, -0.2) is 0 Å². The minimum Gasteiger partial charge on any atom is -0.388 e. The Labute approximate surface area is 141 Å². The van der Waals surface area contributed by atoms with E-state index in [1.807, 2.05) is 0 Å². The summed E-state index contributed by atoms with van der Waals surface area (Å²) < 4.78 is 58.8. The van der Waals surface area contributed by atoms with Crippen LogP contribution in [0.2, 0.25) is 0 Å². The Balaban J connectivity index is 0.000000240. The van der Waals surface area contributed by atoms with Gasteiger partial charge in [0.2, 0.25) is 0 Å². The van der Waals surface area contributed by atoms with E-state index in [1.165, 1.54) is 12.1 Å². The van der Waals surface area contributed by atoms with Crippen LogP contribution in [0.1, 0.15) is 5.69 Å². The molecule has 0 atom stereocenters. The summed E-state index contributed by atoms with van der Waals surface area (Å²) in [6, 6.07) is 11.0. The number of nitrogens with zero attached hydrogens (tertiary/aromatic N) is 1. The Morgan fingerprint density at radius 1 is 1.00 bits per heavy atom. The van der Waals surface area contributed by atoms with Crippen LogP contribution < -0.4 is 5.32 Å². The zero-order valence-electron chi connectivity index (χ0n) is 12.8. The van der Waals surface area contributed by atoms with Gasteiger partial charge in [-0.05, 0) is 36.4 Å². The van der Waals surface area contributed by atoms with E-state index in [9.17, 15) is 16.8 Å². The summed E-state index contributed by atoms with van der Waals surface area (Å²) in [5, 5.41) is 2.83. The van der Waals surface area contributed by atoms with Crippen molar-refractivity contribution in [3.63, 3.8) is 0 Å². The molecule has 1 aromatic carbocycles. The third kappa shape index (κ3) is 8.02. The zero-order chi connectivity index (χ0) is 18.2. The monoisotopic (exact) mass is 374 g/mol. The van der Waals surface area contributed by atoms with Crippen molar-refractivity contribution in [3.8, 4) is 0 Å². The van der Waals surface area contributed by atoms with Gasteiger partial charge in [0.05, 0.1) is 10.6 Å². The number of nitrogens with one attached hydrogen (secondary N) is 1. The lowest BCUT2D eigenvalue weighted by molar-refractivity contribution is 0.480. The maximum Gasteiger partial charge on any atom is 0.294 e. The first-order valence-electron chi connectivity index (χ1n) is 6.72. The Bertz CT molecular complexity index is 835. The Hall–Kier alpha value is -2.01. The topological polar surface area (TPSA) is 134 Å². The molecule has 0 radical (unpaired) electrons. The first-order valence-corrected chi connectivity index (χ1v) is 9.77. The average Bonchev–Trinajstić information content (AvgIpc) is 2.53. The van der Waals surface area contributed by atoms with Crippen molar-refractivity contribution < 1.29 is 25.9 Å². The molecule has 0 aliphatic carbocycles. The standard InChI is InChI=1S/2C7H9NO3S/c1-8-6-2-4-7(5-3-6)12(9,10)11;9-12(10,11)6-4-7-3-1-2-5-8-7/h2-5,8H,1H3,(H,9,10,11);1-3,5H,4,6H2,(H,9,10,11). The van der Waals surface area contributed by atoms with Crippen molar-refractivity contribution in [1.82, 2.24) is 4.98 Å². The molecular weight excluding hydrogens is 356 g/mol. The summed E-state index contributed by atoms with van der Waals surface area (Å²) in [7, 11) is -6.19. The van der Waals surface area contributed by atoms with Crippen molar-refractivity contribution in [2.75, 3.05) is 18.1 Å². The second kappa shape index (κ2) is 8.73. The lowest BCUT2D eigenvalue weighted by atomic mass is 10.3. The third-order valence-electron chi connectivity index (χ3n) is 2.78. The largest absolute Gasteiger partial charge is 0.388 e. The molecule has 0 aliphatic rings. The van der Waals surface area contributed by atoms with Crippen molar-refractivity contribution in [2.45, 2.75) is 11.3 Å². The van der Waals surface area contributed by atoms with Crippen LogP contribution in [-0.2, 0) is 26.7 Å². The van der Waals surface area contributed by atoms with Crippen LogP contribution in [0.25, 0.3) is 0 Å². The van der Waals surface area contributed by atoms with Gasteiger partial charge >= 0.3 is 0 Å². The van der Waals surface area contributed by atoms with Crippen LogP contribution in [0.4, 0.5) is 5.69 Å². The molecule has 10 heteroatoms. The molecule has 0 saturated heterocycles. The fourth-order valence-corrected chi connectivity index (χ4v) is 2.52. The first-order chi connectivity index (χ1) is 11.1. The molecule has 0 aliphatic heterocycles. The van der Waals surface area contributed by atoms with E-state index in [4.69, 9.17) is 9.11 Å². The molecule has 0 spiro atoms. The van der Waals surface area contributed by atoms with Crippen LogP contribution in [0.15, 0.2) is 53.6 Å². The molecule has 1 heterocycles. The van der Waals surface area contributed by atoms with Gasteiger partial charge < -0.3 is 5.32 Å². The van der Waals surface area contributed by atoms with E-state index in [0.29, 0.717) is 5.69 Å². The summed E-state index contributed by atoms with van der Waals surface area (Å²) in [6.45, 7) is 0. The van der Waals surface area contributed by atoms with Gasteiger partial charge in [0, 0.05) is 31.0 Å². The van der Waals surface area contributed by atoms with E-state index in [2.05, 4.69) is 10.3 Å². The zero-order valence-corrected chi connectivity index (χ0v) is 14.5. The molecule has 0 unspecified atom stereocenters. The second-order valence-electron chi connectivity index (χ2n) is 4.61. The number of anilines is 1. The summed E-state index contributed by atoms with van der Waals surface area (Å²) in [6.07, 6.45) is 1.83. The fraction of sp³-hybridized carbons (Fsp3) is 0.214. The van der Waals surface area contributed by atoms with E-state index < -0.39 is 20.2 Å². The average molecular weight is 374 g/mol. The molecule has 0 fully saturated rings. The van der Waals surface area contributed by atoms with Crippen molar-refractivity contribution in [1.29, 1.82) is 0 Å². The summed E-state index contributed by atoms with van der Waals surface area (Å²) in [4.78, 5) is 3.81. The van der Waals surface area contributed by atoms with Gasteiger partial charge in [0.25, 0.3) is 20.2 Å². The van der Waals surface area contributed by atoms with Crippen molar-refractivity contribution >= 4 is 25.9 Å². The van der Waals surface area contributed by atoms with E-state index in [0.717, 1.165) is 5.69 Å². The molecule has 2 aromatic rings. The van der Waals surface area contributed by atoms with Crippen LogP contribution in [0, 0.1) is 0 Å². The molecule has 8 nitrogen and oxygen atoms in total. The van der Waals surface area contributed by atoms with Crippen LogP contribution in [-0.4, -0.2) is 43.7 Å². The Morgan fingerprint density at radius 2 is 1.62 bits per heavy atom. The lowest BCUT2D eigenvalue weighted by Gasteiger charge is -1.99. The number of rotatable bonds is 5. The predicted molar refractivity (Wildman–Crippen MR) is 90.2 cm³/mol. The third-order valence-corrected chi connectivity index (χ3v) is 4.37. The highest BCUT2D eigenvalue weighted by molar-refractivity contribution is 7.86. The first kappa shape index (κ1) is 20.0. The van der Waals surface area contributed by atoms with Gasteiger partial charge in [-0.2, -0.15) is 16.8 Å². The molecule has 0 saturated carbocycles. The van der Waals surface area contributed by atoms with Gasteiger partial charge in [0.15, 0.2) is 0 Å². The number of pyridine rings is 1. The molecule has 24 heavy (non-hydrogen) atoms. The van der Waals surface area contributed by atoms with E-state index in [1.54, 1.807) is 43.6 Å². The van der Waals surface area contributed by atoms with E-state index >= 15 is 0 Å². The van der Waals surface area contributed by atoms with Crippen LogP contribution >= 0.6 is 0 Å². The molecule has 132 valence electrons. The summed E-state index contributed by atoms with van der Waals surface area (Å²) in [5.41, 5.74) is 1.46. The summed E-state index contributed by atoms with van der Waals surface area (Å²) >= 11 is 0.